The summed E-state index contributed by atoms with van der Waals surface area (Å²) in [4.78, 5) is 8.54. The zero-order valence-corrected chi connectivity index (χ0v) is 10.5. The minimum absolute atomic E-state index is 0.586. The zero-order valence-electron chi connectivity index (χ0n) is 8.07. The third kappa shape index (κ3) is 2.35. The van der Waals surface area contributed by atoms with Gasteiger partial charge in [-0.2, -0.15) is 5.26 Å². The molecule has 0 aliphatic heterocycles. The van der Waals surface area contributed by atoms with Crippen molar-refractivity contribution in [3.8, 4) is 6.07 Å². The highest BCUT2D eigenvalue weighted by Gasteiger charge is 2.12. The first kappa shape index (κ1) is 11.7. The highest BCUT2D eigenvalue weighted by atomic mass is 32.2. The van der Waals surface area contributed by atoms with Crippen molar-refractivity contribution in [2.75, 3.05) is 18.8 Å². The van der Waals surface area contributed by atoms with Gasteiger partial charge in [0.25, 0.3) is 0 Å². The van der Waals surface area contributed by atoms with E-state index in [1.807, 2.05) is 18.8 Å². The van der Waals surface area contributed by atoms with Crippen LogP contribution in [-0.2, 0) is 0 Å². The Morgan fingerprint density at radius 2 is 1.50 bits per heavy atom. The Kier molecular flexibility index (Phi) is 4.58. The third-order valence-electron chi connectivity index (χ3n) is 1.50. The molecule has 0 spiro atoms. The predicted octanol–water partition coefficient (Wildman–Crippen LogP) is 2.51. The Morgan fingerprint density at radius 3 is 1.79 bits per heavy atom. The molecule has 0 fully saturated rings. The molecule has 6 heteroatoms. The van der Waals surface area contributed by atoms with E-state index in [1.54, 1.807) is 0 Å². The van der Waals surface area contributed by atoms with Gasteiger partial charge in [-0.05, 0) is 18.8 Å². The first-order valence-corrected chi connectivity index (χ1v) is 7.38. The Balaban J connectivity index is 3.34. The molecule has 0 saturated carbocycles. The van der Waals surface area contributed by atoms with Gasteiger partial charge in [-0.1, -0.05) is 11.8 Å². The van der Waals surface area contributed by atoms with Crippen molar-refractivity contribution < 1.29 is 0 Å². The Morgan fingerprint density at radius 1 is 1.00 bits per heavy atom. The highest BCUT2D eigenvalue weighted by Crippen LogP contribution is 2.27. The molecule has 74 valence electrons. The van der Waals surface area contributed by atoms with Crippen molar-refractivity contribution >= 4 is 35.3 Å². The Labute approximate surface area is 96.1 Å². The molecule has 0 unspecified atom stereocenters. The number of hydrogen-bond acceptors (Lipinski definition) is 6. The normalized spacial score (nSPS) is 9.86. The van der Waals surface area contributed by atoms with E-state index in [4.69, 9.17) is 5.26 Å². The van der Waals surface area contributed by atoms with Crippen molar-refractivity contribution in [2.45, 2.75) is 15.2 Å². The third-order valence-corrected chi connectivity index (χ3v) is 3.42. The second kappa shape index (κ2) is 5.49. The summed E-state index contributed by atoms with van der Waals surface area (Å²) in [5, 5.41) is 11.2. The molecule has 0 bridgehead atoms. The largest absolute Gasteiger partial charge is 0.215 e. The summed E-state index contributed by atoms with van der Waals surface area (Å²) in [6, 6.07) is 2.14. The van der Waals surface area contributed by atoms with Crippen LogP contribution in [0.5, 0.6) is 0 Å². The van der Waals surface area contributed by atoms with Gasteiger partial charge < -0.3 is 0 Å². The lowest BCUT2D eigenvalue weighted by molar-refractivity contribution is 0.820. The van der Waals surface area contributed by atoms with Gasteiger partial charge in [0.2, 0.25) is 0 Å². The lowest BCUT2D eigenvalue weighted by Crippen LogP contribution is -1.96. The molecule has 0 radical (unpaired) electrons. The number of hydrogen-bond donors (Lipinski definition) is 0. The lowest BCUT2D eigenvalue weighted by Gasteiger charge is -2.05. The monoisotopic (exact) mass is 243 g/mol. The summed E-state index contributed by atoms with van der Waals surface area (Å²) in [7, 11) is 0. The standard InChI is InChI=1S/C8H9N3S3/c1-12-6-5(4-9)7(13-2)11-8(10-6)14-3/h1-3H3. The minimum atomic E-state index is 0.586. The molecule has 0 aromatic carbocycles. The number of nitrogens with zero attached hydrogens (tertiary/aromatic N) is 3. The van der Waals surface area contributed by atoms with Crippen molar-refractivity contribution in [2.24, 2.45) is 0 Å². The van der Waals surface area contributed by atoms with Crippen LogP contribution in [-0.4, -0.2) is 28.7 Å². The molecule has 1 aromatic heterocycles. The van der Waals surface area contributed by atoms with E-state index < -0.39 is 0 Å². The lowest BCUT2D eigenvalue weighted by atomic mass is 10.4. The molecule has 1 aromatic rings. The molecule has 0 N–H and O–H groups in total. The van der Waals surface area contributed by atoms with Gasteiger partial charge in [-0.3, -0.25) is 0 Å². The average molecular weight is 243 g/mol. The van der Waals surface area contributed by atoms with Crippen LogP contribution in [0.4, 0.5) is 0 Å². The predicted molar refractivity (Wildman–Crippen MR) is 62.1 cm³/mol. The molecular weight excluding hydrogens is 234 g/mol. The summed E-state index contributed by atoms with van der Waals surface area (Å²) >= 11 is 4.45. The van der Waals surface area contributed by atoms with Crippen molar-refractivity contribution in [3.05, 3.63) is 5.56 Å². The SMILES string of the molecule is CSc1nc(SC)c(C#N)c(SC)n1. The van der Waals surface area contributed by atoms with Crippen LogP contribution in [0.1, 0.15) is 5.56 Å². The van der Waals surface area contributed by atoms with Crippen molar-refractivity contribution in [1.29, 1.82) is 5.26 Å². The van der Waals surface area contributed by atoms with Gasteiger partial charge in [-0.25, -0.2) is 9.97 Å². The number of rotatable bonds is 3. The summed E-state index contributed by atoms with van der Waals surface area (Å²) < 4.78 is 0. The average Bonchev–Trinajstić information content (AvgIpc) is 2.26. The summed E-state index contributed by atoms with van der Waals surface area (Å²) in [5.41, 5.74) is 0.586. The Bertz CT molecular complexity index is 348. The van der Waals surface area contributed by atoms with Crippen LogP contribution in [0.15, 0.2) is 15.2 Å². The van der Waals surface area contributed by atoms with Crippen LogP contribution >= 0.6 is 35.3 Å². The van der Waals surface area contributed by atoms with E-state index in [0.717, 1.165) is 15.2 Å². The van der Waals surface area contributed by atoms with Gasteiger partial charge in [0.15, 0.2) is 5.16 Å². The first-order chi connectivity index (χ1) is 6.76. The molecule has 1 heterocycles. The fourth-order valence-electron chi connectivity index (χ4n) is 0.884. The van der Waals surface area contributed by atoms with Crippen molar-refractivity contribution in [1.82, 2.24) is 9.97 Å². The second-order valence-electron chi connectivity index (χ2n) is 2.22. The molecule has 0 atom stereocenters. The summed E-state index contributed by atoms with van der Waals surface area (Å²) in [5.74, 6) is 0. The smallest absolute Gasteiger partial charge is 0.189 e. The van der Waals surface area contributed by atoms with E-state index in [-0.39, 0.29) is 0 Å². The van der Waals surface area contributed by atoms with E-state index in [9.17, 15) is 0 Å². The first-order valence-electron chi connectivity index (χ1n) is 3.71. The molecule has 0 aliphatic rings. The molecule has 0 saturated heterocycles. The number of thioether (sulfide) groups is 3. The van der Waals surface area contributed by atoms with Gasteiger partial charge in [0.05, 0.1) is 0 Å². The molecule has 0 aliphatic carbocycles. The highest BCUT2D eigenvalue weighted by molar-refractivity contribution is 7.99. The zero-order chi connectivity index (χ0) is 10.6. The topological polar surface area (TPSA) is 49.6 Å². The summed E-state index contributed by atoms with van der Waals surface area (Å²) in [6.07, 6.45) is 5.75. The van der Waals surface area contributed by atoms with Crippen LogP contribution in [0, 0.1) is 11.3 Å². The van der Waals surface area contributed by atoms with E-state index in [1.165, 1.54) is 35.3 Å². The van der Waals surface area contributed by atoms with E-state index >= 15 is 0 Å². The quantitative estimate of drug-likeness (QED) is 0.462. The molecule has 0 amide bonds. The molecule has 14 heavy (non-hydrogen) atoms. The van der Waals surface area contributed by atoms with Gasteiger partial charge in [-0.15, -0.1) is 23.5 Å². The fraction of sp³-hybridized carbons (Fsp3) is 0.375. The van der Waals surface area contributed by atoms with Crippen LogP contribution in [0.3, 0.4) is 0 Å². The molecule has 1 rings (SSSR count). The van der Waals surface area contributed by atoms with Crippen LogP contribution in [0.25, 0.3) is 0 Å². The van der Waals surface area contributed by atoms with Crippen LogP contribution < -0.4 is 0 Å². The molecular formula is C8H9N3S3. The van der Waals surface area contributed by atoms with E-state index in [2.05, 4.69) is 16.0 Å². The maximum absolute atomic E-state index is 8.96. The fourth-order valence-corrected chi connectivity index (χ4v) is 2.48. The Hall–Kier alpha value is -0.380. The summed E-state index contributed by atoms with van der Waals surface area (Å²) in [6.45, 7) is 0. The van der Waals surface area contributed by atoms with Gasteiger partial charge in [0.1, 0.15) is 21.7 Å². The minimum Gasteiger partial charge on any atom is -0.215 e. The molecule has 3 nitrogen and oxygen atoms in total. The van der Waals surface area contributed by atoms with Crippen LogP contribution in [0.2, 0.25) is 0 Å². The maximum Gasteiger partial charge on any atom is 0.189 e. The number of nitriles is 1. The second-order valence-corrected chi connectivity index (χ2v) is 4.58. The van der Waals surface area contributed by atoms with Crippen molar-refractivity contribution in [3.63, 3.8) is 0 Å². The van der Waals surface area contributed by atoms with Gasteiger partial charge >= 0.3 is 0 Å². The maximum atomic E-state index is 8.96. The van der Waals surface area contributed by atoms with E-state index in [0.29, 0.717) is 5.56 Å². The number of aromatic nitrogens is 2. The van der Waals surface area contributed by atoms with Gasteiger partial charge in [0, 0.05) is 0 Å².